The molecule has 1 atom stereocenters. The van der Waals surface area contributed by atoms with Crippen molar-refractivity contribution in [2.45, 2.75) is 38.5 Å². The van der Waals surface area contributed by atoms with E-state index in [9.17, 15) is 4.79 Å². The largest absolute Gasteiger partial charge is 0.450 e. The first kappa shape index (κ1) is 18.7. The SMILES string of the molecule is CCOC(=O)NCC(CCN1CCCCC1)c1cccc2ccccc12. The van der Waals surface area contributed by atoms with Gasteiger partial charge in [0.15, 0.2) is 0 Å². The number of fused-ring (bicyclic) bond motifs is 1. The molecule has 2 aromatic rings. The van der Waals surface area contributed by atoms with Crippen LogP contribution in [0.25, 0.3) is 10.8 Å². The van der Waals surface area contributed by atoms with Crippen molar-refractivity contribution >= 4 is 16.9 Å². The summed E-state index contributed by atoms with van der Waals surface area (Å²) in [5.74, 6) is 0.285. The van der Waals surface area contributed by atoms with Crippen LogP contribution in [-0.2, 0) is 4.74 Å². The van der Waals surface area contributed by atoms with Crippen molar-refractivity contribution in [2.24, 2.45) is 0 Å². The normalized spacial score (nSPS) is 16.3. The maximum Gasteiger partial charge on any atom is 0.407 e. The molecule has 3 rings (SSSR count). The molecule has 1 heterocycles. The molecular formula is C22H30N2O2. The molecule has 1 N–H and O–H groups in total. The minimum Gasteiger partial charge on any atom is -0.450 e. The standard InChI is InChI=1S/C22H30N2O2/c1-2-26-22(25)23-17-19(13-16-24-14-6-3-7-15-24)21-12-8-10-18-9-4-5-11-20(18)21/h4-5,8-12,19H,2-3,6-7,13-17H2,1H3,(H,23,25). The average Bonchev–Trinajstić information content (AvgIpc) is 2.69. The molecule has 0 bridgehead atoms. The molecule has 4 nitrogen and oxygen atoms in total. The highest BCUT2D eigenvalue weighted by Crippen LogP contribution is 2.28. The molecule has 1 aliphatic rings. The number of carbonyl (C=O) groups is 1. The highest BCUT2D eigenvalue weighted by molar-refractivity contribution is 5.86. The van der Waals surface area contributed by atoms with Gasteiger partial charge in [0.05, 0.1) is 6.61 Å². The number of hydrogen-bond acceptors (Lipinski definition) is 3. The van der Waals surface area contributed by atoms with Gasteiger partial charge >= 0.3 is 6.09 Å². The second-order valence-electron chi connectivity index (χ2n) is 7.06. The van der Waals surface area contributed by atoms with Crippen molar-refractivity contribution < 1.29 is 9.53 Å². The quantitative estimate of drug-likeness (QED) is 0.793. The van der Waals surface area contributed by atoms with Gasteiger partial charge in [-0.05, 0) is 62.2 Å². The van der Waals surface area contributed by atoms with Gasteiger partial charge < -0.3 is 15.0 Å². The molecule has 1 amide bonds. The van der Waals surface area contributed by atoms with Crippen molar-refractivity contribution in [3.63, 3.8) is 0 Å². The highest BCUT2D eigenvalue weighted by atomic mass is 16.5. The van der Waals surface area contributed by atoms with E-state index in [2.05, 4.69) is 52.7 Å². The smallest absolute Gasteiger partial charge is 0.407 e. The van der Waals surface area contributed by atoms with Crippen molar-refractivity contribution in [3.8, 4) is 0 Å². The highest BCUT2D eigenvalue weighted by Gasteiger charge is 2.18. The number of benzene rings is 2. The van der Waals surface area contributed by atoms with E-state index in [-0.39, 0.29) is 12.0 Å². The Kier molecular flexibility index (Phi) is 6.89. The van der Waals surface area contributed by atoms with Gasteiger partial charge in [-0.25, -0.2) is 4.79 Å². The molecule has 0 radical (unpaired) electrons. The molecule has 140 valence electrons. The summed E-state index contributed by atoms with van der Waals surface area (Å²) in [7, 11) is 0. The lowest BCUT2D eigenvalue weighted by Crippen LogP contribution is -2.34. The number of hydrogen-bond donors (Lipinski definition) is 1. The number of piperidine rings is 1. The molecule has 0 saturated carbocycles. The molecule has 2 aromatic carbocycles. The molecule has 26 heavy (non-hydrogen) atoms. The van der Waals surface area contributed by atoms with E-state index in [4.69, 9.17) is 4.74 Å². The van der Waals surface area contributed by atoms with Gasteiger partial charge in [0.25, 0.3) is 0 Å². The number of rotatable bonds is 7. The Hall–Kier alpha value is -2.07. The zero-order valence-corrected chi connectivity index (χ0v) is 15.7. The van der Waals surface area contributed by atoms with Crippen LogP contribution in [0.5, 0.6) is 0 Å². The van der Waals surface area contributed by atoms with Crippen LogP contribution in [0.4, 0.5) is 4.79 Å². The van der Waals surface area contributed by atoms with E-state index in [1.54, 1.807) is 0 Å². The van der Waals surface area contributed by atoms with Crippen LogP contribution in [0.1, 0.15) is 44.1 Å². The number of nitrogens with zero attached hydrogens (tertiary/aromatic N) is 1. The van der Waals surface area contributed by atoms with Gasteiger partial charge in [-0.15, -0.1) is 0 Å². The zero-order chi connectivity index (χ0) is 18.2. The Balaban J connectivity index is 1.75. The molecule has 1 fully saturated rings. The van der Waals surface area contributed by atoms with E-state index in [1.165, 1.54) is 48.7 Å². The minimum atomic E-state index is -0.323. The van der Waals surface area contributed by atoms with Crippen molar-refractivity contribution in [3.05, 3.63) is 48.0 Å². The molecule has 1 saturated heterocycles. The fourth-order valence-corrected chi connectivity index (χ4v) is 3.88. The Morgan fingerprint density at radius 2 is 1.88 bits per heavy atom. The maximum absolute atomic E-state index is 11.8. The van der Waals surface area contributed by atoms with E-state index in [0.717, 1.165) is 13.0 Å². The average molecular weight is 354 g/mol. The summed E-state index contributed by atoms with van der Waals surface area (Å²) < 4.78 is 5.05. The molecule has 0 spiro atoms. The van der Waals surface area contributed by atoms with Crippen LogP contribution in [0.15, 0.2) is 42.5 Å². The van der Waals surface area contributed by atoms with E-state index >= 15 is 0 Å². The van der Waals surface area contributed by atoms with Crippen LogP contribution in [0.3, 0.4) is 0 Å². The van der Waals surface area contributed by atoms with Crippen molar-refractivity contribution in [1.29, 1.82) is 0 Å². The minimum absolute atomic E-state index is 0.285. The van der Waals surface area contributed by atoms with E-state index in [0.29, 0.717) is 13.2 Å². The summed E-state index contributed by atoms with van der Waals surface area (Å²) in [6.45, 7) is 6.33. The lowest BCUT2D eigenvalue weighted by Gasteiger charge is -2.29. The number of likely N-dealkylation sites (tertiary alicyclic amines) is 1. The first-order valence-electron chi connectivity index (χ1n) is 9.88. The molecule has 4 heteroatoms. The van der Waals surface area contributed by atoms with Crippen LogP contribution < -0.4 is 5.32 Å². The van der Waals surface area contributed by atoms with E-state index in [1.807, 2.05) is 6.92 Å². The number of amides is 1. The second-order valence-corrected chi connectivity index (χ2v) is 7.06. The van der Waals surface area contributed by atoms with Gasteiger partial charge in [-0.3, -0.25) is 0 Å². The topological polar surface area (TPSA) is 41.6 Å². The summed E-state index contributed by atoms with van der Waals surface area (Å²) >= 11 is 0. The number of ether oxygens (including phenoxy) is 1. The summed E-state index contributed by atoms with van der Waals surface area (Å²) in [5, 5.41) is 5.49. The van der Waals surface area contributed by atoms with Gasteiger partial charge in [0.1, 0.15) is 0 Å². The predicted molar refractivity (Wildman–Crippen MR) is 107 cm³/mol. The third kappa shape index (κ3) is 4.98. The Morgan fingerprint density at radius 1 is 1.12 bits per heavy atom. The Bertz CT molecular complexity index is 705. The van der Waals surface area contributed by atoms with Crippen LogP contribution in [0, 0.1) is 0 Å². The fraction of sp³-hybridized carbons (Fsp3) is 0.500. The summed E-state index contributed by atoms with van der Waals surface area (Å²) in [5.41, 5.74) is 1.32. The first-order chi connectivity index (χ1) is 12.8. The van der Waals surface area contributed by atoms with Crippen molar-refractivity contribution in [1.82, 2.24) is 10.2 Å². The van der Waals surface area contributed by atoms with Crippen LogP contribution in [-0.4, -0.2) is 43.8 Å². The molecular weight excluding hydrogens is 324 g/mol. The van der Waals surface area contributed by atoms with Crippen molar-refractivity contribution in [2.75, 3.05) is 32.8 Å². The summed E-state index contributed by atoms with van der Waals surface area (Å²) in [6, 6.07) is 15.0. The number of alkyl carbamates (subject to hydrolysis) is 1. The molecule has 0 aromatic heterocycles. The zero-order valence-electron chi connectivity index (χ0n) is 15.7. The van der Waals surface area contributed by atoms with Crippen LogP contribution in [0.2, 0.25) is 0 Å². The molecule has 0 aliphatic carbocycles. The molecule has 1 aliphatic heterocycles. The van der Waals surface area contributed by atoms with Gasteiger partial charge in [0.2, 0.25) is 0 Å². The number of nitrogens with one attached hydrogen (secondary N) is 1. The third-order valence-electron chi connectivity index (χ3n) is 5.27. The van der Waals surface area contributed by atoms with Crippen LogP contribution >= 0.6 is 0 Å². The lowest BCUT2D eigenvalue weighted by atomic mass is 9.90. The summed E-state index contributed by atoms with van der Waals surface area (Å²) in [6.07, 6.45) is 4.68. The molecule has 1 unspecified atom stereocenters. The Labute approximate surface area is 156 Å². The maximum atomic E-state index is 11.8. The second kappa shape index (κ2) is 9.58. The lowest BCUT2D eigenvalue weighted by molar-refractivity contribution is 0.151. The summed E-state index contributed by atoms with van der Waals surface area (Å²) in [4.78, 5) is 14.4. The third-order valence-corrected chi connectivity index (χ3v) is 5.27. The fourth-order valence-electron chi connectivity index (χ4n) is 3.88. The van der Waals surface area contributed by atoms with Gasteiger partial charge in [-0.2, -0.15) is 0 Å². The predicted octanol–water partition coefficient (Wildman–Crippen LogP) is 4.55. The first-order valence-corrected chi connectivity index (χ1v) is 9.88. The van der Waals surface area contributed by atoms with Gasteiger partial charge in [-0.1, -0.05) is 48.9 Å². The van der Waals surface area contributed by atoms with E-state index < -0.39 is 0 Å². The Morgan fingerprint density at radius 3 is 2.69 bits per heavy atom. The monoisotopic (exact) mass is 354 g/mol. The van der Waals surface area contributed by atoms with Gasteiger partial charge in [0, 0.05) is 12.5 Å². The number of carbonyl (C=O) groups excluding carboxylic acids is 1.